The van der Waals surface area contributed by atoms with Gasteiger partial charge in [-0.25, -0.2) is 4.79 Å². The van der Waals surface area contributed by atoms with Crippen LogP contribution >= 0.6 is 11.6 Å². The van der Waals surface area contributed by atoms with E-state index in [2.05, 4.69) is 10.2 Å². The van der Waals surface area contributed by atoms with Crippen LogP contribution in [0.2, 0.25) is 5.02 Å². The molecule has 1 unspecified atom stereocenters. The van der Waals surface area contributed by atoms with Crippen LogP contribution in [0.5, 0.6) is 0 Å². The predicted octanol–water partition coefficient (Wildman–Crippen LogP) is 3.85. The molecule has 0 saturated carbocycles. The Morgan fingerprint density at radius 2 is 1.94 bits per heavy atom. The molecule has 4 nitrogen and oxygen atoms in total. The molecule has 0 aromatic heterocycles. The molecule has 18 heavy (non-hydrogen) atoms. The number of benzene rings is 1. The molecule has 0 aliphatic carbocycles. The molecule has 1 heterocycles. The number of azo groups is 1. The third kappa shape index (κ3) is 2.70. The number of carbonyl (C=O) groups is 1. The average Bonchev–Trinajstić information content (AvgIpc) is 2.53. The van der Waals surface area contributed by atoms with Crippen molar-refractivity contribution in [2.24, 2.45) is 10.2 Å². The number of hydrogen-bond acceptors (Lipinski definition) is 4. The fraction of sp³-hybridized carbons (Fsp3) is 0.462. The second-order valence-electron chi connectivity index (χ2n) is 5.23. The summed E-state index contributed by atoms with van der Waals surface area (Å²) < 4.78 is 5.42. The van der Waals surface area contributed by atoms with Gasteiger partial charge in [0.2, 0.25) is 5.72 Å². The summed E-state index contributed by atoms with van der Waals surface area (Å²) in [6.45, 7) is 5.65. The van der Waals surface area contributed by atoms with E-state index in [4.69, 9.17) is 16.3 Å². The molecule has 1 aliphatic heterocycles. The molecule has 0 spiro atoms. The van der Waals surface area contributed by atoms with Gasteiger partial charge in [-0.1, -0.05) is 23.7 Å². The lowest BCUT2D eigenvalue weighted by molar-refractivity contribution is -0.00781. The number of carbonyl (C=O) groups excluding carboxylic acids is 1. The lowest BCUT2D eigenvalue weighted by Gasteiger charge is -2.22. The van der Waals surface area contributed by atoms with E-state index in [9.17, 15) is 4.79 Å². The van der Waals surface area contributed by atoms with Crippen LogP contribution in [0.3, 0.4) is 0 Å². The first kappa shape index (κ1) is 13.0. The number of esters is 1. The van der Waals surface area contributed by atoms with Crippen molar-refractivity contribution in [2.75, 3.05) is 0 Å². The molecule has 0 N–H and O–H groups in total. The molecular weight excluding hydrogens is 252 g/mol. The lowest BCUT2D eigenvalue weighted by atomic mass is 9.97. The standard InChI is InChI=1S/C13H15ClN2O2/c1-12(2)8-13(3,16-15-12)18-11(17)9-6-4-5-7-10(9)14/h4-7H,8H2,1-3H3. The molecule has 0 bridgehead atoms. The zero-order valence-corrected chi connectivity index (χ0v) is 11.4. The molecule has 0 radical (unpaired) electrons. The summed E-state index contributed by atoms with van der Waals surface area (Å²) >= 11 is 5.95. The third-order valence-corrected chi connectivity index (χ3v) is 3.03. The maximum absolute atomic E-state index is 12.0. The maximum Gasteiger partial charge on any atom is 0.341 e. The molecule has 0 saturated heterocycles. The minimum absolute atomic E-state index is 0.296. The van der Waals surface area contributed by atoms with Crippen LogP contribution in [-0.2, 0) is 4.74 Å². The van der Waals surface area contributed by atoms with Crippen LogP contribution in [0, 0.1) is 0 Å². The fourth-order valence-corrected chi connectivity index (χ4v) is 2.27. The van der Waals surface area contributed by atoms with Gasteiger partial charge in [0, 0.05) is 6.42 Å². The largest absolute Gasteiger partial charge is 0.432 e. The molecular formula is C13H15ClN2O2. The van der Waals surface area contributed by atoms with E-state index in [-0.39, 0.29) is 5.54 Å². The maximum atomic E-state index is 12.0. The number of halogens is 1. The first-order valence-electron chi connectivity index (χ1n) is 5.73. The van der Waals surface area contributed by atoms with Crippen molar-refractivity contribution in [3.05, 3.63) is 34.9 Å². The minimum Gasteiger partial charge on any atom is -0.432 e. The van der Waals surface area contributed by atoms with Crippen molar-refractivity contribution < 1.29 is 9.53 Å². The second-order valence-corrected chi connectivity index (χ2v) is 5.64. The van der Waals surface area contributed by atoms with E-state index in [1.54, 1.807) is 31.2 Å². The topological polar surface area (TPSA) is 51.0 Å². The molecule has 5 heteroatoms. The quantitative estimate of drug-likeness (QED) is 0.764. The molecule has 1 atom stereocenters. The zero-order chi connectivity index (χ0) is 13.4. The average molecular weight is 267 g/mol. The van der Waals surface area contributed by atoms with Gasteiger partial charge < -0.3 is 4.74 Å². The van der Waals surface area contributed by atoms with E-state index in [1.165, 1.54) is 0 Å². The zero-order valence-electron chi connectivity index (χ0n) is 10.6. The summed E-state index contributed by atoms with van der Waals surface area (Å²) in [5.74, 6) is -0.472. The lowest BCUT2D eigenvalue weighted by Crippen LogP contribution is -2.31. The normalized spacial score (nSPS) is 25.1. The third-order valence-electron chi connectivity index (χ3n) is 2.70. The van der Waals surface area contributed by atoms with Crippen LogP contribution in [0.15, 0.2) is 34.5 Å². The smallest absolute Gasteiger partial charge is 0.341 e. The summed E-state index contributed by atoms with van der Waals surface area (Å²) in [6.07, 6.45) is 0.566. The van der Waals surface area contributed by atoms with Gasteiger partial charge >= 0.3 is 5.97 Å². The van der Waals surface area contributed by atoms with Gasteiger partial charge in [0.05, 0.1) is 16.1 Å². The van der Waals surface area contributed by atoms with Crippen LogP contribution < -0.4 is 0 Å². The minimum atomic E-state index is -0.903. The van der Waals surface area contributed by atoms with Gasteiger partial charge in [-0.05, 0) is 32.9 Å². The van der Waals surface area contributed by atoms with Crippen molar-refractivity contribution in [3.8, 4) is 0 Å². The second kappa shape index (κ2) is 4.35. The highest BCUT2D eigenvalue weighted by Crippen LogP contribution is 2.36. The van der Waals surface area contributed by atoms with Gasteiger partial charge in [0.15, 0.2) is 0 Å². The summed E-state index contributed by atoms with van der Waals surface area (Å²) in [5, 5.41) is 8.53. The van der Waals surface area contributed by atoms with E-state index in [1.807, 2.05) is 13.8 Å². The Balaban J connectivity index is 2.14. The van der Waals surface area contributed by atoms with E-state index >= 15 is 0 Å². The molecule has 2 rings (SSSR count). The van der Waals surface area contributed by atoms with Crippen LogP contribution in [0.25, 0.3) is 0 Å². The summed E-state index contributed by atoms with van der Waals surface area (Å²) in [5.41, 5.74) is -0.852. The molecule has 1 aromatic rings. The van der Waals surface area contributed by atoms with Gasteiger partial charge in [0.1, 0.15) is 0 Å². The Bertz CT molecular complexity index is 513. The summed E-state index contributed by atoms with van der Waals surface area (Å²) in [4.78, 5) is 12.0. The summed E-state index contributed by atoms with van der Waals surface area (Å²) in [7, 11) is 0. The highest BCUT2D eigenvalue weighted by atomic mass is 35.5. The monoisotopic (exact) mass is 266 g/mol. The van der Waals surface area contributed by atoms with Crippen molar-refractivity contribution in [1.82, 2.24) is 0 Å². The van der Waals surface area contributed by atoms with Crippen molar-refractivity contribution in [1.29, 1.82) is 0 Å². The summed E-state index contributed by atoms with van der Waals surface area (Å²) in [6, 6.07) is 6.79. The van der Waals surface area contributed by atoms with Crippen LogP contribution in [0.4, 0.5) is 0 Å². The number of nitrogens with zero attached hydrogens (tertiary/aromatic N) is 2. The highest BCUT2D eigenvalue weighted by molar-refractivity contribution is 6.33. The van der Waals surface area contributed by atoms with Crippen LogP contribution in [-0.4, -0.2) is 17.2 Å². The predicted molar refractivity (Wildman–Crippen MR) is 68.8 cm³/mol. The molecule has 0 fully saturated rings. The number of ether oxygens (including phenoxy) is 1. The van der Waals surface area contributed by atoms with Crippen molar-refractivity contribution >= 4 is 17.6 Å². The Morgan fingerprint density at radius 3 is 2.50 bits per heavy atom. The van der Waals surface area contributed by atoms with Crippen molar-refractivity contribution in [2.45, 2.75) is 38.5 Å². The van der Waals surface area contributed by atoms with Gasteiger partial charge in [-0.15, -0.1) is 5.11 Å². The first-order valence-corrected chi connectivity index (χ1v) is 6.11. The first-order chi connectivity index (χ1) is 8.31. The molecule has 0 amide bonds. The Morgan fingerprint density at radius 1 is 1.28 bits per heavy atom. The Labute approximate surface area is 111 Å². The van der Waals surface area contributed by atoms with Crippen molar-refractivity contribution in [3.63, 3.8) is 0 Å². The highest BCUT2D eigenvalue weighted by Gasteiger charge is 2.41. The number of rotatable bonds is 2. The van der Waals surface area contributed by atoms with E-state index in [0.29, 0.717) is 17.0 Å². The fourth-order valence-electron chi connectivity index (χ4n) is 2.05. The molecule has 1 aromatic carbocycles. The molecule has 1 aliphatic rings. The van der Waals surface area contributed by atoms with Gasteiger partial charge in [-0.3, -0.25) is 0 Å². The van der Waals surface area contributed by atoms with Gasteiger partial charge in [0.25, 0.3) is 0 Å². The van der Waals surface area contributed by atoms with Crippen LogP contribution in [0.1, 0.15) is 37.6 Å². The SMILES string of the molecule is CC1(C)CC(C)(OC(=O)c2ccccc2Cl)N=N1. The van der Waals surface area contributed by atoms with Gasteiger partial charge in [-0.2, -0.15) is 5.11 Å². The Kier molecular flexibility index (Phi) is 3.15. The Hall–Kier alpha value is -1.42. The van der Waals surface area contributed by atoms with E-state index in [0.717, 1.165) is 0 Å². The number of hydrogen-bond donors (Lipinski definition) is 0. The van der Waals surface area contributed by atoms with E-state index < -0.39 is 11.7 Å². The molecule has 96 valence electrons.